The van der Waals surface area contributed by atoms with Gasteiger partial charge in [-0.1, -0.05) is 30.3 Å². The molecule has 164 valence electrons. The maximum absolute atomic E-state index is 12.8. The molecule has 0 saturated heterocycles. The summed E-state index contributed by atoms with van der Waals surface area (Å²) in [6, 6.07) is 13.0. The second-order valence-electron chi connectivity index (χ2n) is 6.04. The van der Waals surface area contributed by atoms with Crippen LogP contribution in [0.4, 0.5) is 8.78 Å². The summed E-state index contributed by atoms with van der Waals surface area (Å²) in [4.78, 5) is 4.27. The van der Waals surface area contributed by atoms with Crippen LogP contribution in [0.5, 0.6) is 11.5 Å². The van der Waals surface area contributed by atoms with E-state index < -0.39 is 16.4 Å². The first kappa shape index (κ1) is 23.4. The number of sulfone groups is 1. The summed E-state index contributed by atoms with van der Waals surface area (Å²) >= 11 is 0. The number of guanidine groups is 1. The lowest BCUT2D eigenvalue weighted by atomic mass is 10.2. The first-order valence-electron chi connectivity index (χ1n) is 9.29. The lowest BCUT2D eigenvalue weighted by Crippen LogP contribution is -2.39. The Morgan fingerprint density at radius 1 is 1.10 bits per heavy atom. The predicted molar refractivity (Wildman–Crippen MR) is 111 cm³/mol. The molecule has 0 aromatic heterocycles. The van der Waals surface area contributed by atoms with Gasteiger partial charge >= 0.3 is 6.61 Å². The van der Waals surface area contributed by atoms with Gasteiger partial charge in [0.05, 0.1) is 17.3 Å². The van der Waals surface area contributed by atoms with Gasteiger partial charge in [-0.05, 0) is 25.1 Å². The van der Waals surface area contributed by atoms with Crippen LogP contribution in [0.1, 0.15) is 12.5 Å². The molecule has 0 fully saturated rings. The minimum absolute atomic E-state index is 0.0519. The molecule has 0 bridgehead atoms. The molecule has 0 saturated carbocycles. The van der Waals surface area contributed by atoms with Crippen molar-refractivity contribution in [3.05, 3.63) is 54.1 Å². The molecule has 2 aromatic rings. The molecule has 0 aliphatic heterocycles. The number of benzene rings is 2. The molecule has 0 spiro atoms. The van der Waals surface area contributed by atoms with E-state index in [4.69, 9.17) is 4.74 Å². The monoisotopic (exact) mass is 441 g/mol. The number of halogens is 2. The molecule has 0 atom stereocenters. The second-order valence-corrected chi connectivity index (χ2v) is 8.15. The first-order chi connectivity index (χ1) is 14.4. The molecule has 30 heavy (non-hydrogen) atoms. The third-order valence-corrected chi connectivity index (χ3v) is 5.73. The Morgan fingerprint density at radius 2 is 1.83 bits per heavy atom. The largest absolute Gasteiger partial charge is 0.490 e. The summed E-state index contributed by atoms with van der Waals surface area (Å²) in [5, 5.41) is 5.86. The number of nitrogens with zero attached hydrogens (tertiary/aromatic N) is 1. The normalized spacial score (nSPS) is 12.0. The van der Waals surface area contributed by atoms with Gasteiger partial charge in [-0.3, -0.25) is 4.99 Å². The minimum Gasteiger partial charge on any atom is -0.490 e. The maximum Gasteiger partial charge on any atom is 0.387 e. The smallest absolute Gasteiger partial charge is 0.387 e. The van der Waals surface area contributed by atoms with Crippen molar-refractivity contribution in [1.29, 1.82) is 0 Å². The van der Waals surface area contributed by atoms with Gasteiger partial charge in [0.1, 0.15) is 0 Å². The van der Waals surface area contributed by atoms with Crippen LogP contribution in [0.25, 0.3) is 0 Å². The van der Waals surface area contributed by atoms with Crippen molar-refractivity contribution >= 4 is 15.8 Å². The fourth-order valence-electron chi connectivity index (χ4n) is 2.64. The Morgan fingerprint density at radius 3 is 2.47 bits per heavy atom. The van der Waals surface area contributed by atoms with E-state index in [1.54, 1.807) is 43.3 Å². The standard InChI is InChI=1S/C20H25F2N3O4S/c1-3-28-17-11-7-8-15(18(17)29-19(21)22)14-25-20(23-2)24-12-13-30(26,27)16-9-5-4-6-10-16/h4-11,19H,3,12-14H2,1-2H3,(H2,23,24,25). The number of ether oxygens (including phenoxy) is 2. The lowest BCUT2D eigenvalue weighted by molar-refractivity contribution is -0.0520. The molecule has 2 aromatic carbocycles. The summed E-state index contributed by atoms with van der Waals surface area (Å²) in [6.07, 6.45) is 0. The fraction of sp³-hybridized carbons (Fsp3) is 0.350. The molecule has 0 aliphatic rings. The molecular formula is C20H25F2N3O4S. The van der Waals surface area contributed by atoms with Crippen LogP contribution in [0.2, 0.25) is 0 Å². The second kappa shape index (κ2) is 11.3. The molecule has 0 radical (unpaired) electrons. The van der Waals surface area contributed by atoms with Crippen LogP contribution in [0.15, 0.2) is 58.4 Å². The molecular weight excluding hydrogens is 416 g/mol. The van der Waals surface area contributed by atoms with E-state index >= 15 is 0 Å². The average molecular weight is 442 g/mol. The quantitative estimate of drug-likeness (QED) is 0.435. The van der Waals surface area contributed by atoms with Crippen molar-refractivity contribution in [2.24, 2.45) is 4.99 Å². The highest BCUT2D eigenvalue weighted by molar-refractivity contribution is 7.91. The Balaban J connectivity index is 1.98. The van der Waals surface area contributed by atoms with E-state index in [-0.39, 0.29) is 35.2 Å². The van der Waals surface area contributed by atoms with Gasteiger partial charge in [0.15, 0.2) is 27.3 Å². The summed E-state index contributed by atoms with van der Waals surface area (Å²) in [6.45, 7) is -0.710. The van der Waals surface area contributed by atoms with Crippen molar-refractivity contribution < 1.29 is 26.7 Å². The van der Waals surface area contributed by atoms with Crippen LogP contribution in [-0.2, 0) is 16.4 Å². The highest BCUT2D eigenvalue weighted by Crippen LogP contribution is 2.32. The molecule has 10 heteroatoms. The highest BCUT2D eigenvalue weighted by atomic mass is 32.2. The zero-order valence-electron chi connectivity index (χ0n) is 16.8. The lowest BCUT2D eigenvalue weighted by Gasteiger charge is -2.17. The molecule has 2 rings (SSSR count). The Bertz CT molecular complexity index is 938. The van der Waals surface area contributed by atoms with E-state index in [2.05, 4.69) is 20.4 Å². The topological polar surface area (TPSA) is 89.0 Å². The fourth-order valence-corrected chi connectivity index (χ4v) is 3.82. The van der Waals surface area contributed by atoms with E-state index in [0.717, 1.165) is 0 Å². The van der Waals surface area contributed by atoms with Crippen molar-refractivity contribution in [3.8, 4) is 11.5 Å². The van der Waals surface area contributed by atoms with Crippen LogP contribution in [-0.4, -0.2) is 46.9 Å². The third-order valence-electron chi connectivity index (χ3n) is 4.00. The number of nitrogens with one attached hydrogen (secondary N) is 2. The van der Waals surface area contributed by atoms with Crippen LogP contribution < -0.4 is 20.1 Å². The summed E-state index contributed by atoms with van der Waals surface area (Å²) in [5.41, 5.74) is 0.445. The predicted octanol–water partition coefficient (Wildman–Crippen LogP) is 2.83. The average Bonchev–Trinajstić information content (AvgIpc) is 2.73. The molecule has 0 amide bonds. The maximum atomic E-state index is 12.8. The van der Waals surface area contributed by atoms with Crippen molar-refractivity contribution in [2.45, 2.75) is 25.0 Å². The molecule has 0 unspecified atom stereocenters. The van der Waals surface area contributed by atoms with Gasteiger partial charge in [0.2, 0.25) is 0 Å². The van der Waals surface area contributed by atoms with Crippen LogP contribution >= 0.6 is 0 Å². The number of rotatable bonds is 10. The van der Waals surface area contributed by atoms with Crippen molar-refractivity contribution in [3.63, 3.8) is 0 Å². The molecule has 7 nitrogen and oxygen atoms in total. The van der Waals surface area contributed by atoms with Crippen molar-refractivity contribution in [2.75, 3.05) is 26.0 Å². The number of aliphatic imine (C=N–C) groups is 1. The van der Waals surface area contributed by atoms with Crippen LogP contribution in [0, 0.1) is 0 Å². The molecule has 0 heterocycles. The van der Waals surface area contributed by atoms with E-state index in [0.29, 0.717) is 18.1 Å². The number of hydrogen-bond donors (Lipinski definition) is 2. The zero-order chi connectivity index (χ0) is 22.0. The van der Waals surface area contributed by atoms with E-state index in [1.807, 2.05) is 0 Å². The van der Waals surface area contributed by atoms with Gasteiger partial charge in [-0.15, -0.1) is 0 Å². The van der Waals surface area contributed by atoms with E-state index in [1.165, 1.54) is 19.2 Å². The van der Waals surface area contributed by atoms with Gasteiger partial charge in [0, 0.05) is 25.7 Å². The summed E-state index contributed by atoms with van der Waals surface area (Å²) in [5.74, 6) is 0.359. The Hall–Kier alpha value is -2.88. The van der Waals surface area contributed by atoms with Crippen LogP contribution in [0.3, 0.4) is 0 Å². The van der Waals surface area contributed by atoms with Crippen molar-refractivity contribution in [1.82, 2.24) is 10.6 Å². The van der Waals surface area contributed by atoms with Gasteiger partial charge in [-0.25, -0.2) is 8.42 Å². The first-order valence-corrected chi connectivity index (χ1v) is 10.9. The summed E-state index contributed by atoms with van der Waals surface area (Å²) < 4.78 is 60.3. The minimum atomic E-state index is -3.43. The highest BCUT2D eigenvalue weighted by Gasteiger charge is 2.17. The number of para-hydroxylation sites is 1. The number of hydrogen-bond acceptors (Lipinski definition) is 5. The van der Waals surface area contributed by atoms with E-state index in [9.17, 15) is 17.2 Å². The summed E-state index contributed by atoms with van der Waals surface area (Å²) in [7, 11) is -1.91. The number of alkyl halides is 2. The molecule has 2 N–H and O–H groups in total. The van der Waals surface area contributed by atoms with Gasteiger partial charge in [-0.2, -0.15) is 8.78 Å². The zero-order valence-corrected chi connectivity index (χ0v) is 17.6. The molecule has 0 aliphatic carbocycles. The third kappa shape index (κ3) is 6.87. The van der Waals surface area contributed by atoms with Gasteiger partial charge < -0.3 is 20.1 Å². The SMILES string of the molecule is CCOc1cccc(CNC(=NC)NCCS(=O)(=O)c2ccccc2)c1OC(F)F. The Labute approximate surface area is 175 Å². The Kier molecular flexibility index (Phi) is 8.85. The van der Waals surface area contributed by atoms with Gasteiger partial charge in [0.25, 0.3) is 0 Å².